The quantitative estimate of drug-likeness (QED) is 0.286. The normalized spacial score (nSPS) is 11.0. The van der Waals surface area contributed by atoms with Crippen LogP contribution < -0.4 is 16.0 Å². The van der Waals surface area contributed by atoms with Crippen molar-refractivity contribution in [1.29, 1.82) is 5.41 Å². The van der Waals surface area contributed by atoms with Crippen molar-refractivity contribution < 1.29 is 13.2 Å². The Morgan fingerprint density at radius 1 is 1.03 bits per heavy atom. The van der Waals surface area contributed by atoms with E-state index in [1.165, 1.54) is 5.56 Å². The van der Waals surface area contributed by atoms with E-state index < -0.39 is 9.84 Å². The van der Waals surface area contributed by atoms with Crippen molar-refractivity contribution in [2.75, 3.05) is 23.0 Å². The predicted octanol–water partition coefficient (Wildman–Crippen LogP) is 4.56. The van der Waals surface area contributed by atoms with Gasteiger partial charge in [-0.25, -0.2) is 8.42 Å². The molecule has 0 heterocycles. The van der Waals surface area contributed by atoms with Crippen molar-refractivity contribution in [3.63, 3.8) is 0 Å². The van der Waals surface area contributed by atoms with Gasteiger partial charge in [-0.2, -0.15) is 0 Å². The average molecular weight is 515 g/mol. The number of hydrogen-bond donors (Lipinski definition) is 3. The topological polar surface area (TPSA) is 116 Å². The third-order valence-corrected chi connectivity index (χ3v) is 6.53. The van der Waals surface area contributed by atoms with Crippen molar-refractivity contribution in [3.8, 4) is 0 Å². The molecule has 0 aliphatic heterocycles. The van der Waals surface area contributed by atoms with E-state index in [-0.39, 0.29) is 35.6 Å². The third-order valence-electron chi connectivity index (χ3n) is 5.42. The molecule has 7 nitrogen and oxygen atoms in total. The number of nitrogen functional groups attached to an aromatic ring is 1. The first-order valence-corrected chi connectivity index (χ1v) is 12.8. The average Bonchev–Trinajstić information content (AvgIpc) is 2.78. The lowest BCUT2D eigenvalue weighted by Crippen LogP contribution is -2.33. The lowest BCUT2D eigenvalue weighted by atomic mass is 10.0. The first-order valence-electron chi connectivity index (χ1n) is 10.9. The number of rotatable bonds is 9. The van der Waals surface area contributed by atoms with Gasteiger partial charge >= 0.3 is 0 Å². The van der Waals surface area contributed by atoms with E-state index in [2.05, 4.69) is 19.2 Å². The Labute approximate surface area is 213 Å². The summed E-state index contributed by atoms with van der Waals surface area (Å²) in [6, 6.07) is 21.5. The van der Waals surface area contributed by atoms with Crippen molar-refractivity contribution in [3.05, 3.63) is 89.5 Å². The Balaban J connectivity index is 0.00000432. The summed E-state index contributed by atoms with van der Waals surface area (Å²) in [5.74, 6) is 0.108. The Morgan fingerprint density at radius 2 is 1.69 bits per heavy atom. The number of nitrogens with zero attached hydrogens (tertiary/aromatic N) is 1. The first-order chi connectivity index (χ1) is 16.0. The van der Waals surface area contributed by atoms with E-state index in [1.807, 2.05) is 41.3 Å². The first kappa shape index (κ1) is 27.9. The van der Waals surface area contributed by atoms with Crippen LogP contribution in [-0.4, -0.2) is 33.0 Å². The van der Waals surface area contributed by atoms with Crippen LogP contribution in [-0.2, 0) is 21.2 Å². The lowest BCUT2D eigenvalue weighted by Gasteiger charge is -2.25. The van der Waals surface area contributed by atoms with Crippen LogP contribution in [0.15, 0.2) is 77.7 Å². The molecule has 0 aromatic heterocycles. The summed E-state index contributed by atoms with van der Waals surface area (Å²) in [6.07, 6.45) is 1.16. The zero-order chi connectivity index (χ0) is 24.9. The maximum Gasteiger partial charge on any atom is 0.243 e. The van der Waals surface area contributed by atoms with Crippen LogP contribution in [0.5, 0.6) is 0 Å². The molecule has 35 heavy (non-hydrogen) atoms. The van der Waals surface area contributed by atoms with E-state index >= 15 is 0 Å². The molecule has 0 bridgehead atoms. The summed E-state index contributed by atoms with van der Waals surface area (Å²) >= 11 is 0. The summed E-state index contributed by atoms with van der Waals surface area (Å²) in [5, 5.41) is 10.7. The SMILES string of the molecule is CC(C)c1ccc(NC(=O)CN(Cc2cccc(S(C)(=O)=O)c2)c2cccc(C(=N)N)c2)cc1.Cl. The highest BCUT2D eigenvalue weighted by molar-refractivity contribution is 7.90. The number of hydrogen-bond acceptors (Lipinski definition) is 5. The molecule has 0 saturated carbocycles. The molecule has 0 spiro atoms. The Morgan fingerprint density at radius 3 is 2.29 bits per heavy atom. The van der Waals surface area contributed by atoms with Crippen LogP contribution in [0.2, 0.25) is 0 Å². The number of anilines is 2. The van der Waals surface area contributed by atoms with E-state index in [4.69, 9.17) is 11.1 Å². The molecule has 0 unspecified atom stereocenters. The molecular formula is C26H31ClN4O3S. The molecule has 3 aromatic carbocycles. The van der Waals surface area contributed by atoms with Crippen LogP contribution in [0.1, 0.15) is 36.5 Å². The smallest absolute Gasteiger partial charge is 0.243 e. The molecule has 0 aliphatic carbocycles. The monoisotopic (exact) mass is 514 g/mol. The number of halogens is 1. The number of amides is 1. The largest absolute Gasteiger partial charge is 0.384 e. The third kappa shape index (κ3) is 7.83. The van der Waals surface area contributed by atoms with Gasteiger partial charge in [0, 0.05) is 29.7 Å². The number of carbonyl (C=O) groups is 1. The van der Waals surface area contributed by atoms with E-state index in [9.17, 15) is 13.2 Å². The van der Waals surface area contributed by atoms with E-state index in [0.717, 1.165) is 11.8 Å². The minimum atomic E-state index is -3.36. The number of nitrogens with two attached hydrogens (primary N) is 1. The van der Waals surface area contributed by atoms with Gasteiger partial charge in [-0.05, 0) is 53.4 Å². The number of nitrogens with one attached hydrogen (secondary N) is 2. The molecule has 0 atom stereocenters. The number of amidine groups is 1. The summed E-state index contributed by atoms with van der Waals surface area (Å²) in [7, 11) is -3.36. The van der Waals surface area contributed by atoms with Gasteiger partial charge in [0.05, 0.1) is 11.4 Å². The molecule has 0 fully saturated rings. The highest BCUT2D eigenvalue weighted by Crippen LogP contribution is 2.21. The summed E-state index contributed by atoms with van der Waals surface area (Å²) in [5.41, 5.74) is 9.52. The zero-order valence-electron chi connectivity index (χ0n) is 20.0. The summed E-state index contributed by atoms with van der Waals surface area (Å²) in [4.78, 5) is 15.0. The zero-order valence-corrected chi connectivity index (χ0v) is 21.6. The molecule has 0 aliphatic rings. The van der Waals surface area contributed by atoms with E-state index in [0.29, 0.717) is 29.4 Å². The lowest BCUT2D eigenvalue weighted by molar-refractivity contribution is -0.115. The Hall–Kier alpha value is -3.36. The fourth-order valence-corrected chi connectivity index (χ4v) is 4.22. The molecule has 1 amide bonds. The standard InChI is InChI=1S/C26H30N4O3S.ClH/c1-18(2)20-10-12-22(13-11-20)29-25(31)17-30(23-8-5-7-21(15-23)26(27)28)16-19-6-4-9-24(14-19)34(3,32)33;/h4-15,18H,16-17H2,1-3H3,(H3,27,28)(H,29,31);1H. The van der Waals surface area contributed by atoms with Crippen molar-refractivity contribution >= 4 is 45.4 Å². The van der Waals surface area contributed by atoms with Crippen molar-refractivity contribution in [2.45, 2.75) is 31.2 Å². The van der Waals surface area contributed by atoms with Gasteiger partial charge in [-0.1, -0.05) is 50.2 Å². The summed E-state index contributed by atoms with van der Waals surface area (Å²) in [6.45, 7) is 4.54. The second kappa shape index (κ2) is 11.9. The van der Waals surface area contributed by atoms with Gasteiger partial charge in [0.25, 0.3) is 0 Å². The van der Waals surface area contributed by atoms with Gasteiger partial charge in [0.2, 0.25) is 5.91 Å². The van der Waals surface area contributed by atoms with Crippen LogP contribution >= 0.6 is 12.4 Å². The highest BCUT2D eigenvalue weighted by atomic mass is 35.5. The summed E-state index contributed by atoms with van der Waals surface area (Å²) < 4.78 is 24.0. The molecule has 186 valence electrons. The fraction of sp³-hybridized carbons (Fsp3) is 0.231. The number of benzene rings is 3. The highest BCUT2D eigenvalue weighted by Gasteiger charge is 2.16. The van der Waals surface area contributed by atoms with Gasteiger partial charge in [0.15, 0.2) is 9.84 Å². The molecule has 9 heteroatoms. The van der Waals surface area contributed by atoms with Crippen LogP contribution in [0.25, 0.3) is 0 Å². The maximum atomic E-state index is 12.9. The van der Waals surface area contributed by atoms with Gasteiger partial charge in [-0.3, -0.25) is 10.2 Å². The Bertz CT molecular complexity index is 1290. The molecule has 3 rings (SSSR count). The second-order valence-corrected chi connectivity index (χ2v) is 10.6. The van der Waals surface area contributed by atoms with Gasteiger partial charge in [-0.15, -0.1) is 12.4 Å². The van der Waals surface area contributed by atoms with Crippen molar-refractivity contribution in [2.24, 2.45) is 5.73 Å². The Kier molecular flexibility index (Phi) is 9.45. The minimum Gasteiger partial charge on any atom is -0.384 e. The van der Waals surface area contributed by atoms with Crippen LogP contribution in [0.3, 0.4) is 0 Å². The van der Waals surface area contributed by atoms with Crippen LogP contribution in [0.4, 0.5) is 11.4 Å². The maximum absolute atomic E-state index is 12.9. The van der Waals surface area contributed by atoms with Gasteiger partial charge < -0.3 is 16.0 Å². The van der Waals surface area contributed by atoms with Gasteiger partial charge in [0.1, 0.15) is 5.84 Å². The van der Waals surface area contributed by atoms with Crippen molar-refractivity contribution in [1.82, 2.24) is 0 Å². The molecule has 3 aromatic rings. The van der Waals surface area contributed by atoms with E-state index in [1.54, 1.807) is 36.4 Å². The number of carbonyl (C=O) groups excluding carboxylic acids is 1. The van der Waals surface area contributed by atoms with Crippen LogP contribution in [0, 0.1) is 5.41 Å². The predicted molar refractivity (Wildman–Crippen MR) is 144 cm³/mol. The number of sulfone groups is 1. The minimum absolute atomic E-state index is 0. The fourth-order valence-electron chi connectivity index (χ4n) is 3.53. The molecule has 0 radical (unpaired) electrons. The second-order valence-electron chi connectivity index (χ2n) is 8.56. The molecule has 4 N–H and O–H groups in total. The molecule has 0 saturated heterocycles. The molecular weight excluding hydrogens is 484 g/mol.